The van der Waals surface area contributed by atoms with Gasteiger partial charge in [-0.2, -0.15) is 0 Å². The van der Waals surface area contributed by atoms with Crippen molar-refractivity contribution in [2.75, 3.05) is 5.32 Å². The van der Waals surface area contributed by atoms with E-state index in [0.717, 1.165) is 11.4 Å². The molecule has 98 valence electrons. The van der Waals surface area contributed by atoms with Crippen molar-refractivity contribution in [1.29, 1.82) is 0 Å². The molecule has 1 saturated carbocycles. The standard InChI is InChI=1S/C14H16N4O/c1-9-8-12(10(2)18(9)11-4-5-11)13(19)17-14-15-6-3-7-16-14/h3,6-8,11H,4-5H2,1-2H3,(H,15,16,17,19). The van der Waals surface area contributed by atoms with Gasteiger partial charge in [0.2, 0.25) is 5.95 Å². The van der Waals surface area contributed by atoms with Gasteiger partial charge in [-0.15, -0.1) is 0 Å². The van der Waals surface area contributed by atoms with Crippen molar-refractivity contribution in [3.63, 3.8) is 0 Å². The number of nitrogens with one attached hydrogen (secondary N) is 1. The Labute approximate surface area is 111 Å². The van der Waals surface area contributed by atoms with E-state index in [1.165, 1.54) is 12.8 Å². The highest BCUT2D eigenvalue weighted by molar-refractivity contribution is 6.04. The number of anilines is 1. The van der Waals surface area contributed by atoms with Gasteiger partial charge in [0.25, 0.3) is 5.91 Å². The summed E-state index contributed by atoms with van der Waals surface area (Å²) in [5.74, 6) is 0.190. The normalized spacial score (nSPS) is 14.4. The van der Waals surface area contributed by atoms with E-state index in [2.05, 4.69) is 19.9 Å². The maximum atomic E-state index is 12.2. The molecule has 5 nitrogen and oxygen atoms in total. The molecule has 0 unspecified atom stereocenters. The minimum absolute atomic E-state index is 0.147. The third-order valence-corrected chi connectivity index (χ3v) is 3.43. The molecule has 19 heavy (non-hydrogen) atoms. The summed E-state index contributed by atoms with van der Waals surface area (Å²) in [6.07, 6.45) is 5.63. The van der Waals surface area contributed by atoms with Crippen LogP contribution in [0.15, 0.2) is 24.5 Å². The molecular weight excluding hydrogens is 240 g/mol. The average Bonchev–Trinajstić information content (AvgIpc) is 3.17. The van der Waals surface area contributed by atoms with Gasteiger partial charge in [-0.25, -0.2) is 9.97 Å². The van der Waals surface area contributed by atoms with Gasteiger partial charge in [0.05, 0.1) is 5.56 Å². The molecule has 0 bridgehead atoms. The van der Waals surface area contributed by atoms with Gasteiger partial charge in [-0.3, -0.25) is 10.1 Å². The zero-order chi connectivity index (χ0) is 13.4. The van der Waals surface area contributed by atoms with Gasteiger partial charge < -0.3 is 4.57 Å². The second-order valence-corrected chi connectivity index (χ2v) is 4.91. The Hall–Kier alpha value is -2.17. The maximum absolute atomic E-state index is 12.2. The molecule has 0 atom stereocenters. The van der Waals surface area contributed by atoms with Crippen LogP contribution >= 0.6 is 0 Å². The largest absolute Gasteiger partial charge is 0.345 e. The van der Waals surface area contributed by atoms with Crippen molar-refractivity contribution < 1.29 is 4.79 Å². The molecule has 1 aliphatic rings. The van der Waals surface area contributed by atoms with Crippen LogP contribution in [0.3, 0.4) is 0 Å². The number of aromatic nitrogens is 3. The first-order valence-corrected chi connectivity index (χ1v) is 6.43. The highest BCUT2D eigenvalue weighted by atomic mass is 16.1. The SMILES string of the molecule is Cc1cc(C(=O)Nc2ncccn2)c(C)n1C1CC1. The molecule has 2 aromatic heterocycles. The lowest BCUT2D eigenvalue weighted by Gasteiger charge is -2.07. The smallest absolute Gasteiger partial charge is 0.259 e. The fraction of sp³-hybridized carbons (Fsp3) is 0.357. The molecule has 0 aliphatic heterocycles. The summed E-state index contributed by atoms with van der Waals surface area (Å²) in [5.41, 5.74) is 2.87. The highest BCUT2D eigenvalue weighted by Gasteiger charge is 2.28. The summed E-state index contributed by atoms with van der Waals surface area (Å²) < 4.78 is 2.25. The van der Waals surface area contributed by atoms with Crippen molar-refractivity contribution >= 4 is 11.9 Å². The third-order valence-electron chi connectivity index (χ3n) is 3.43. The minimum atomic E-state index is -0.147. The van der Waals surface area contributed by atoms with Crippen LogP contribution in [0.4, 0.5) is 5.95 Å². The Morgan fingerprint density at radius 3 is 2.63 bits per heavy atom. The number of rotatable bonds is 3. The number of carbonyl (C=O) groups excluding carboxylic acids is 1. The summed E-state index contributed by atoms with van der Waals surface area (Å²) in [6.45, 7) is 4.03. The molecule has 1 amide bonds. The minimum Gasteiger partial charge on any atom is -0.345 e. The van der Waals surface area contributed by atoms with Crippen LogP contribution in [0.1, 0.15) is 40.6 Å². The zero-order valence-corrected chi connectivity index (χ0v) is 11.1. The van der Waals surface area contributed by atoms with E-state index in [9.17, 15) is 4.79 Å². The average molecular weight is 256 g/mol. The highest BCUT2D eigenvalue weighted by Crippen LogP contribution is 2.38. The number of nitrogens with zero attached hydrogens (tertiary/aromatic N) is 3. The lowest BCUT2D eigenvalue weighted by Crippen LogP contribution is -2.15. The number of hydrogen-bond donors (Lipinski definition) is 1. The fourth-order valence-electron chi connectivity index (χ4n) is 2.43. The van der Waals surface area contributed by atoms with Crippen LogP contribution < -0.4 is 5.32 Å². The summed E-state index contributed by atoms with van der Waals surface area (Å²) in [5, 5.41) is 2.72. The first-order valence-electron chi connectivity index (χ1n) is 6.43. The van der Waals surface area contributed by atoms with Crippen LogP contribution in [0.2, 0.25) is 0 Å². The maximum Gasteiger partial charge on any atom is 0.259 e. The Kier molecular flexibility index (Phi) is 2.81. The van der Waals surface area contributed by atoms with Crippen LogP contribution in [0.5, 0.6) is 0 Å². The first kappa shape index (κ1) is 11.9. The second-order valence-electron chi connectivity index (χ2n) is 4.91. The van der Waals surface area contributed by atoms with E-state index in [1.807, 2.05) is 19.9 Å². The predicted octanol–water partition coefficient (Wildman–Crippen LogP) is 2.48. The quantitative estimate of drug-likeness (QED) is 0.917. The van der Waals surface area contributed by atoms with Gasteiger partial charge in [-0.05, 0) is 38.8 Å². The monoisotopic (exact) mass is 256 g/mol. The Balaban J connectivity index is 1.86. The molecular formula is C14H16N4O. The van der Waals surface area contributed by atoms with Gasteiger partial charge in [-0.1, -0.05) is 0 Å². The molecule has 0 spiro atoms. The Morgan fingerprint density at radius 1 is 1.32 bits per heavy atom. The van der Waals surface area contributed by atoms with Crippen LogP contribution in [0, 0.1) is 13.8 Å². The molecule has 5 heteroatoms. The van der Waals surface area contributed by atoms with Crippen molar-refractivity contribution in [3.05, 3.63) is 41.5 Å². The van der Waals surface area contributed by atoms with Crippen molar-refractivity contribution in [1.82, 2.24) is 14.5 Å². The lowest BCUT2D eigenvalue weighted by atomic mass is 10.2. The fourth-order valence-corrected chi connectivity index (χ4v) is 2.43. The molecule has 0 saturated heterocycles. The van der Waals surface area contributed by atoms with E-state index in [0.29, 0.717) is 17.6 Å². The summed E-state index contributed by atoms with van der Waals surface area (Å²) in [6, 6.07) is 4.23. The molecule has 1 aliphatic carbocycles. The van der Waals surface area contributed by atoms with E-state index >= 15 is 0 Å². The number of aryl methyl sites for hydroxylation is 1. The Morgan fingerprint density at radius 2 is 2.00 bits per heavy atom. The van der Waals surface area contributed by atoms with Crippen molar-refractivity contribution in [2.45, 2.75) is 32.7 Å². The second kappa shape index (κ2) is 4.50. The summed E-state index contributed by atoms with van der Waals surface area (Å²) >= 11 is 0. The van der Waals surface area contributed by atoms with Crippen molar-refractivity contribution in [2.24, 2.45) is 0 Å². The predicted molar refractivity (Wildman–Crippen MR) is 72.2 cm³/mol. The molecule has 2 aromatic rings. The molecule has 1 fully saturated rings. The van der Waals surface area contributed by atoms with Gasteiger partial charge in [0.15, 0.2) is 0 Å². The number of carbonyl (C=O) groups is 1. The van der Waals surface area contributed by atoms with E-state index in [1.54, 1.807) is 18.5 Å². The van der Waals surface area contributed by atoms with Crippen molar-refractivity contribution in [3.8, 4) is 0 Å². The first-order chi connectivity index (χ1) is 9.16. The van der Waals surface area contributed by atoms with E-state index in [4.69, 9.17) is 0 Å². The molecule has 1 N–H and O–H groups in total. The zero-order valence-electron chi connectivity index (χ0n) is 11.1. The van der Waals surface area contributed by atoms with Gasteiger partial charge >= 0.3 is 0 Å². The molecule has 3 rings (SSSR count). The summed E-state index contributed by atoms with van der Waals surface area (Å²) in [4.78, 5) is 20.2. The van der Waals surface area contributed by atoms with E-state index < -0.39 is 0 Å². The topological polar surface area (TPSA) is 59.8 Å². The lowest BCUT2D eigenvalue weighted by molar-refractivity contribution is 0.102. The Bertz CT molecular complexity index is 614. The third kappa shape index (κ3) is 2.23. The van der Waals surface area contributed by atoms with E-state index in [-0.39, 0.29) is 5.91 Å². The summed E-state index contributed by atoms with van der Waals surface area (Å²) in [7, 11) is 0. The molecule has 0 radical (unpaired) electrons. The van der Waals surface area contributed by atoms with Crippen LogP contribution in [0.25, 0.3) is 0 Å². The molecule has 2 heterocycles. The van der Waals surface area contributed by atoms with Gasteiger partial charge in [0, 0.05) is 29.8 Å². The van der Waals surface area contributed by atoms with Gasteiger partial charge in [0.1, 0.15) is 0 Å². The molecule has 0 aromatic carbocycles. The van der Waals surface area contributed by atoms with Crippen LogP contribution in [-0.2, 0) is 0 Å². The number of amides is 1. The van der Waals surface area contributed by atoms with Crippen LogP contribution in [-0.4, -0.2) is 20.4 Å². The number of hydrogen-bond acceptors (Lipinski definition) is 3.